The minimum Gasteiger partial charge on any atom is -0.382 e. The first-order chi connectivity index (χ1) is 6.81. The minimum atomic E-state index is 0.536. The summed E-state index contributed by atoms with van der Waals surface area (Å²) in [5, 5.41) is 0.914. The fourth-order valence-corrected chi connectivity index (χ4v) is 2.07. The second-order valence-electron chi connectivity index (χ2n) is 2.98. The zero-order valence-electron chi connectivity index (χ0n) is 7.97. The van der Waals surface area contributed by atoms with Crippen molar-refractivity contribution in [2.75, 3.05) is 11.5 Å². The summed E-state index contributed by atoms with van der Waals surface area (Å²) in [5.41, 5.74) is 6.57. The highest BCUT2D eigenvalue weighted by atomic mass is 32.2. The molecule has 2 aromatic heterocycles. The number of nitrogens with zero attached hydrogens (tertiary/aromatic N) is 3. The largest absolute Gasteiger partial charge is 0.382 e. The molecule has 0 aliphatic rings. The predicted molar refractivity (Wildman–Crippen MR) is 58.4 cm³/mol. The Morgan fingerprint density at radius 2 is 2.43 bits per heavy atom. The second kappa shape index (κ2) is 3.88. The molecule has 0 aromatic carbocycles. The van der Waals surface area contributed by atoms with E-state index in [1.165, 1.54) is 0 Å². The molecule has 4 nitrogen and oxygen atoms in total. The van der Waals surface area contributed by atoms with Crippen LogP contribution >= 0.6 is 11.8 Å². The lowest BCUT2D eigenvalue weighted by atomic mass is 10.6. The van der Waals surface area contributed by atoms with E-state index in [0.29, 0.717) is 5.82 Å². The van der Waals surface area contributed by atoms with E-state index in [4.69, 9.17) is 5.73 Å². The number of nitrogen functional groups attached to an aromatic ring is 1. The summed E-state index contributed by atoms with van der Waals surface area (Å²) in [7, 11) is 0. The number of fused-ring (bicyclic) bond motifs is 1. The van der Waals surface area contributed by atoms with Crippen LogP contribution in [-0.4, -0.2) is 20.1 Å². The Labute approximate surface area is 86.5 Å². The Kier molecular flexibility index (Phi) is 2.58. The summed E-state index contributed by atoms with van der Waals surface area (Å²) in [6.45, 7) is 2.14. The lowest BCUT2D eigenvalue weighted by molar-refractivity contribution is 1.03. The number of aromatic nitrogens is 3. The normalized spacial score (nSPS) is 10.9. The van der Waals surface area contributed by atoms with Crippen LogP contribution in [-0.2, 0) is 0 Å². The fraction of sp³-hybridized carbons (Fsp3) is 0.333. The van der Waals surface area contributed by atoms with Gasteiger partial charge in [-0.05, 0) is 12.2 Å². The summed E-state index contributed by atoms with van der Waals surface area (Å²) in [4.78, 5) is 8.51. The molecule has 0 fully saturated rings. The van der Waals surface area contributed by atoms with Gasteiger partial charge >= 0.3 is 0 Å². The molecule has 0 amide bonds. The molecule has 0 aliphatic heterocycles. The van der Waals surface area contributed by atoms with Crippen LogP contribution in [0.25, 0.3) is 5.65 Å². The van der Waals surface area contributed by atoms with Gasteiger partial charge in [0, 0.05) is 12.4 Å². The molecule has 74 valence electrons. The topological polar surface area (TPSA) is 56.2 Å². The first-order valence-corrected chi connectivity index (χ1v) is 5.52. The van der Waals surface area contributed by atoms with Crippen LogP contribution in [0, 0.1) is 0 Å². The van der Waals surface area contributed by atoms with Gasteiger partial charge in [-0.2, -0.15) is 0 Å². The Morgan fingerprint density at radius 1 is 1.57 bits per heavy atom. The van der Waals surface area contributed by atoms with Crippen molar-refractivity contribution >= 4 is 23.2 Å². The third kappa shape index (κ3) is 1.68. The summed E-state index contributed by atoms with van der Waals surface area (Å²) < 4.78 is 1.90. The van der Waals surface area contributed by atoms with Crippen molar-refractivity contribution in [1.82, 2.24) is 14.4 Å². The molecule has 0 saturated carbocycles. The van der Waals surface area contributed by atoms with E-state index in [9.17, 15) is 0 Å². The molecule has 0 aliphatic carbocycles. The van der Waals surface area contributed by atoms with Crippen molar-refractivity contribution in [3.05, 3.63) is 18.6 Å². The van der Waals surface area contributed by atoms with Gasteiger partial charge in [-0.1, -0.05) is 6.92 Å². The van der Waals surface area contributed by atoms with Gasteiger partial charge in [-0.3, -0.25) is 0 Å². The van der Waals surface area contributed by atoms with E-state index in [1.54, 1.807) is 24.2 Å². The number of nitrogens with two attached hydrogens (primary N) is 1. The van der Waals surface area contributed by atoms with Gasteiger partial charge in [0.1, 0.15) is 10.8 Å². The third-order valence-corrected chi connectivity index (χ3v) is 2.96. The Bertz CT molecular complexity index is 437. The monoisotopic (exact) mass is 208 g/mol. The number of rotatable bonds is 3. The number of hydrogen-bond donors (Lipinski definition) is 1. The molecule has 5 heteroatoms. The van der Waals surface area contributed by atoms with Crippen molar-refractivity contribution in [3.8, 4) is 0 Å². The van der Waals surface area contributed by atoms with Crippen molar-refractivity contribution in [2.45, 2.75) is 18.4 Å². The van der Waals surface area contributed by atoms with Crippen LogP contribution < -0.4 is 5.73 Å². The van der Waals surface area contributed by atoms with Crippen LogP contribution in [0.5, 0.6) is 0 Å². The summed E-state index contributed by atoms with van der Waals surface area (Å²) in [5.74, 6) is 1.58. The van der Waals surface area contributed by atoms with Crippen LogP contribution in [0.3, 0.4) is 0 Å². The maximum absolute atomic E-state index is 5.68. The fourth-order valence-electron chi connectivity index (χ4n) is 1.22. The lowest BCUT2D eigenvalue weighted by Gasteiger charge is -2.02. The smallest absolute Gasteiger partial charge is 0.169 e. The molecule has 2 aromatic rings. The Morgan fingerprint density at radius 3 is 3.21 bits per heavy atom. The van der Waals surface area contributed by atoms with Gasteiger partial charge in [0.25, 0.3) is 0 Å². The average molecular weight is 208 g/mol. The Balaban J connectivity index is 2.44. The molecule has 0 unspecified atom stereocenters. The van der Waals surface area contributed by atoms with E-state index in [-0.39, 0.29) is 0 Å². The minimum absolute atomic E-state index is 0.536. The number of imidazole rings is 1. The zero-order chi connectivity index (χ0) is 9.97. The number of thioether (sulfide) groups is 1. The average Bonchev–Trinajstić information content (AvgIpc) is 2.61. The van der Waals surface area contributed by atoms with Gasteiger partial charge in [-0.25, -0.2) is 9.97 Å². The highest BCUT2D eigenvalue weighted by molar-refractivity contribution is 7.99. The molecule has 0 radical (unpaired) electrons. The van der Waals surface area contributed by atoms with Crippen molar-refractivity contribution in [2.24, 2.45) is 0 Å². The van der Waals surface area contributed by atoms with Gasteiger partial charge in [0.2, 0.25) is 0 Å². The molecule has 2 N–H and O–H groups in total. The van der Waals surface area contributed by atoms with E-state index in [1.807, 2.05) is 10.6 Å². The van der Waals surface area contributed by atoms with Crippen molar-refractivity contribution in [1.29, 1.82) is 0 Å². The zero-order valence-corrected chi connectivity index (χ0v) is 8.79. The summed E-state index contributed by atoms with van der Waals surface area (Å²) in [6, 6.07) is 0. The lowest BCUT2D eigenvalue weighted by Crippen LogP contribution is -1.97. The Hall–Kier alpha value is -1.23. The van der Waals surface area contributed by atoms with E-state index in [2.05, 4.69) is 16.9 Å². The second-order valence-corrected chi connectivity index (χ2v) is 4.06. The molecular formula is C9H12N4S. The van der Waals surface area contributed by atoms with Gasteiger partial charge in [-0.15, -0.1) is 11.8 Å². The van der Waals surface area contributed by atoms with Crippen LogP contribution in [0.1, 0.15) is 13.3 Å². The van der Waals surface area contributed by atoms with Crippen LogP contribution in [0.2, 0.25) is 0 Å². The van der Waals surface area contributed by atoms with Gasteiger partial charge < -0.3 is 10.1 Å². The van der Waals surface area contributed by atoms with E-state index >= 15 is 0 Å². The van der Waals surface area contributed by atoms with Crippen molar-refractivity contribution in [3.63, 3.8) is 0 Å². The van der Waals surface area contributed by atoms with E-state index < -0.39 is 0 Å². The molecule has 0 saturated heterocycles. The SMILES string of the molecule is CCCSc1nc(N)cn2ccnc12. The molecule has 0 atom stereocenters. The van der Waals surface area contributed by atoms with Crippen LogP contribution in [0.4, 0.5) is 5.82 Å². The van der Waals surface area contributed by atoms with Crippen molar-refractivity contribution < 1.29 is 0 Å². The summed E-state index contributed by atoms with van der Waals surface area (Å²) >= 11 is 1.69. The van der Waals surface area contributed by atoms with E-state index in [0.717, 1.165) is 22.8 Å². The molecule has 0 bridgehead atoms. The molecular weight excluding hydrogens is 196 g/mol. The molecule has 0 spiro atoms. The highest BCUT2D eigenvalue weighted by Crippen LogP contribution is 2.21. The third-order valence-electron chi connectivity index (χ3n) is 1.80. The molecule has 2 heterocycles. The van der Waals surface area contributed by atoms with Gasteiger partial charge in [0.05, 0.1) is 6.20 Å². The predicted octanol–water partition coefficient (Wildman–Crippen LogP) is 1.81. The van der Waals surface area contributed by atoms with Crippen LogP contribution in [0.15, 0.2) is 23.6 Å². The standard InChI is InChI=1S/C9H12N4S/c1-2-5-14-9-8-11-3-4-13(8)6-7(10)12-9/h3-4,6H,2,5,10H2,1H3. The molecule has 2 rings (SSSR count). The quantitative estimate of drug-likeness (QED) is 0.782. The maximum Gasteiger partial charge on any atom is 0.169 e. The summed E-state index contributed by atoms with van der Waals surface area (Å²) in [6.07, 6.45) is 6.53. The molecule has 14 heavy (non-hydrogen) atoms. The first kappa shape index (κ1) is 9.33. The first-order valence-electron chi connectivity index (χ1n) is 4.53. The number of anilines is 1. The van der Waals surface area contributed by atoms with Gasteiger partial charge in [0.15, 0.2) is 5.65 Å². The number of hydrogen-bond acceptors (Lipinski definition) is 4. The highest BCUT2D eigenvalue weighted by Gasteiger charge is 2.05. The maximum atomic E-state index is 5.68.